The summed E-state index contributed by atoms with van der Waals surface area (Å²) in [5.41, 5.74) is 5.88. The zero-order valence-corrected chi connectivity index (χ0v) is 9.12. The number of rotatable bonds is 2. The lowest BCUT2D eigenvalue weighted by Crippen LogP contribution is -2.44. The monoisotopic (exact) mass is 199 g/mol. The van der Waals surface area contributed by atoms with Crippen LogP contribution in [0.1, 0.15) is 26.2 Å². The number of nitrogens with zero attached hydrogens (tertiary/aromatic N) is 1. The Kier molecular flexibility index (Phi) is 4.35. The van der Waals surface area contributed by atoms with Gasteiger partial charge in [0, 0.05) is 19.6 Å². The zero-order valence-electron chi connectivity index (χ0n) is 9.12. The van der Waals surface area contributed by atoms with Gasteiger partial charge in [-0.15, -0.1) is 0 Å². The fourth-order valence-electron chi connectivity index (χ4n) is 1.91. The molecule has 2 unspecified atom stereocenters. The Labute approximate surface area is 85.8 Å². The second-order valence-corrected chi connectivity index (χ2v) is 4.02. The Balaban J connectivity index is 2.46. The number of likely N-dealkylation sites (N-methyl/N-ethyl adjacent to an activating group) is 1. The highest BCUT2D eigenvalue weighted by Crippen LogP contribution is 2.11. The summed E-state index contributed by atoms with van der Waals surface area (Å²) in [6, 6.07) is 0.294. The number of nitrogens with one attached hydrogen (secondary N) is 1. The van der Waals surface area contributed by atoms with Crippen molar-refractivity contribution >= 4 is 5.91 Å². The van der Waals surface area contributed by atoms with Gasteiger partial charge in [0.05, 0.1) is 6.04 Å². The van der Waals surface area contributed by atoms with Crippen LogP contribution in [0, 0.1) is 0 Å². The molecular formula is C10H21N3O. The Morgan fingerprint density at radius 3 is 2.86 bits per heavy atom. The lowest BCUT2D eigenvalue weighted by Gasteiger charge is -2.25. The number of nitrogens with two attached hydrogens (primary N) is 1. The number of hydrogen-bond acceptors (Lipinski definition) is 3. The highest BCUT2D eigenvalue weighted by molar-refractivity contribution is 5.80. The maximum Gasteiger partial charge on any atom is 0.236 e. The summed E-state index contributed by atoms with van der Waals surface area (Å²) >= 11 is 0. The van der Waals surface area contributed by atoms with Crippen LogP contribution >= 0.6 is 0 Å². The van der Waals surface area contributed by atoms with Crippen LogP contribution in [0.15, 0.2) is 0 Å². The van der Waals surface area contributed by atoms with Crippen LogP contribution in [-0.2, 0) is 4.79 Å². The van der Waals surface area contributed by atoms with Crippen LogP contribution in [0.25, 0.3) is 0 Å². The first-order chi connectivity index (χ1) is 6.65. The third-order valence-corrected chi connectivity index (χ3v) is 2.98. The molecule has 4 heteroatoms. The zero-order chi connectivity index (χ0) is 10.6. The fourth-order valence-corrected chi connectivity index (χ4v) is 1.91. The average Bonchev–Trinajstić information content (AvgIpc) is 2.40. The van der Waals surface area contributed by atoms with Gasteiger partial charge in [0.2, 0.25) is 5.91 Å². The molecule has 1 aliphatic heterocycles. The summed E-state index contributed by atoms with van der Waals surface area (Å²) in [5, 5.41) is 2.68. The van der Waals surface area contributed by atoms with Crippen LogP contribution in [-0.4, -0.2) is 43.0 Å². The van der Waals surface area contributed by atoms with E-state index in [4.69, 9.17) is 5.73 Å². The topological polar surface area (TPSA) is 58.4 Å². The minimum absolute atomic E-state index is 0.0229. The Morgan fingerprint density at radius 1 is 1.50 bits per heavy atom. The number of hydrogen-bond donors (Lipinski definition) is 2. The first kappa shape index (κ1) is 11.5. The van der Waals surface area contributed by atoms with Crippen molar-refractivity contribution in [3.05, 3.63) is 0 Å². The summed E-state index contributed by atoms with van der Waals surface area (Å²) < 4.78 is 0. The van der Waals surface area contributed by atoms with Crippen LogP contribution in [0.5, 0.6) is 0 Å². The smallest absolute Gasteiger partial charge is 0.236 e. The van der Waals surface area contributed by atoms with Gasteiger partial charge in [-0.3, -0.25) is 9.69 Å². The van der Waals surface area contributed by atoms with E-state index < -0.39 is 0 Å². The highest BCUT2D eigenvalue weighted by atomic mass is 16.2. The normalized spacial score (nSPS) is 26.6. The van der Waals surface area contributed by atoms with Gasteiger partial charge in [-0.25, -0.2) is 0 Å². The van der Waals surface area contributed by atoms with Crippen molar-refractivity contribution in [3.63, 3.8) is 0 Å². The minimum Gasteiger partial charge on any atom is -0.358 e. The number of likely N-dealkylation sites (tertiary alicyclic amines) is 1. The van der Waals surface area contributed by atoms with E-state index in [9.17, 15) is 4.79 Å². The maximum atomic E-state index is 11.4. The van der Waals surface area contributed by atoms with Gasteiger partial charge in [0.15, 0.2) is 0 Å². The molecule has 0 bridgehead atoms. The van der Waals surface area contributed by atoms with E-state index in [1.165, 1.54) is 0 Å². The lowest BCUT2D eigenvalue weighted by molar-refractivity contribution is -0.125. The quantitative estimate of drug-likeness (QED) is 0.655. The predicted molar refractivity (Wildman–Crippen MR) is 56.9 cm³/mol. The largest absolute Gasteiger partial charge is 0.358 e. The maximum absolute atomic E-state index is 11.4. The van der Waals surface area contributed by atoms with Crippen molar-refractivity contribution in [3.8, 4) is 0 Å². The van der Waals surface area contributed by atoms with Crippen LogP contribution in [0.3, 0.4) is 0 Å². The molecule has 0 aromatic carbocycles. The van der Waals surface area contributed by atoms with E-state index in [1.807, 2.05) is 6.92 Å². The molecule has 82 valence electrons. The molecule has 0 aromatic heterocycles. The number of carbonyl (C=O) groups excluding carboxylic acids is 1. The van der Waals surface area contributed by atoms with E-state index in [0.29, 0.717) is 6.04 Å². The molecule has 1 heterocycles. The van der Waals surface area contributed by atoms with Gasteiger partial charge in [-0.1, -0.05) is 0 Å². The molecule has 1 rings (SSSR count). The van der Waals surface area contributed by atoms with Gasteiger partial charge >= 0.3 is 0 Å². The van der Waals surface area contributed by atoms with Gasteiger partial charge in [0.25, 0.3) is 0 Å². The SMILES string of the molecule is CNC(=O)C(C)N1CCCC(N)CC1. The first-order valence-electron chi connectivity index (χ1n) is 5.36. The van der Waals surface area contributed by atoms with E-state index in [2.05, 4.69) is 10.2 Å². The molecule has 0 spiro atoms. The van der Waals surface area contributed by atoms with Gasteiger partial charge < -0.3 is 11.1 Å². The lowest BCUT2D eigenvalue weighted by atomic mass is 10.1. The third kappa shape index (κ3) is 2.96. The third-order valence-electron chi connectivity index (χ3n) is 2.98. The second kappa shape index (κ2) is 5.32. The average molecular weight is 199 g/mol. The molecule has 1 fully saturated rings. The van der Waals surface area contributed by atoms with Gasteiger partial charge in [0.1, 0.15) is 0 Å². The molecule has 0 aliphatic carbocycles. The van der Waals surface area contributed by atoms with Crippen molar-refractivity contribution in [1.82, 2.24) is 10.2 Å². The molecule has 1 aliphatic rings. The number of carbonyl (C=O) groups is 1. The molecule has 14 heavy (non-hydrogen) atoms. The molecular weight excluding hydrogens is 178 g/mol. The molecule has 0 aromatic rings. The number of amides is 1. The summed E-state index contributed by atoms with van der Waals surface area (Å²) in [4.78, 5) is 13.6. The van der Waals surface area contributed by atoms with Gasteiger partial charge in [-0.05, 0) is 32.7 Å². The molecule has 1 saturated heterocycles. The molecule has 2 atom stereocenters. The van der Waals surface area contributed by atoms with E-state index >= 15 is 0 Å². The van der Waals surface area contributed by atoms with Crippen LogP contribution in [0.2, 0.25) is 0 Å². The predicted octanol–water partition coefficient (Wildman–Crippen LogP) is -0.0659. The molecule has 3 N–H and O–H groups in total. The van der Waals surface area contributed by atoms with Crippen LogP contribution in [0.4, 0.5) is 0 Å². The summed E-state index contributed by atoms with van der Waals surface area (Å²) in [5.74, 6) is 0.0977. The first-order valence-corrected chi connectivity index (χ1v) is 5.36. The molecule has 4 nitrogen and oxygen atoms in total. The van der Waals surface area contributed by atoms with E-state index in [-0.39, 0.29) is 11.9 Å². The minimum atomic E-state index is -0.0229. The van der Waals surface area contributed by atoms with Crippen molar-refractivity contribution in [2.75, 3.05) is 20.1 Å². The molecule has 0 saturated carbocycles. The van der Waals surface area contributed by atoms with E-state index in [1.54, 1.807) is 7.05 Å². The Morgan fingerprint density at radius 2 is 2.21 bits per heavy atom. The second-order valence-electron chi connectivity index (χ2n) is 4.02. The van der Waals surface area contributed by atoms with Crippen molar-refractivity contribution in [2.45, 2.75) is 38.3 Å². The van der Waals surface area contributed by atoms with Crippen molar-refractivity contribution in [2.24, 2.45) is 5.73 Å². The van der Waals surface area contributed by atoms with Crippen molar-refractivity contribution < 1.29 is 4.79 Å². The standard InChI is InChI=1S/C10H21N3O/c1-8(10(14)12-2)13-6-3-4-9(11)5-7-13/h8-9H,3-7,11H2,1-2H3,(H,12,14). The van der Waals surface area contributed by atoms with Crippen molar-refractivity contribution in [1.29, 1.82) is 0 Å². The Hall–Kier alpha value is -0.610. The Bertz CT molecular complexity index is 196. The summed E-state index contributed by atoms with van der Waals surface area (Å²) in [6.07, 6.45) is 3.18. The fraction of sp³-hybridized carbons (Fsp3) is 0.900. The summed E-state index contributed by atoms with van der Waals surface area (Å²) in [6.45, 7) is 3.88. The van der Waals surface area contributed by atoms with E-state index in [0.717, 1.165) is 32.4 Å². The highest BCUT2D eigenvalue weighted by Gasteiger charge is 2.22. The molecule has 0 radical (unpaired) electrons. The molecule has 1 amide bonds. The van der Waals surface area contributed by atoms with Crippen LogP contribution < -0.4 is 11.1 Å². The summed E-state index contributed by atoms with van der Waals surface area (Å²) in [7, 11) is 1.68. The van der Waals surface area contributed by atoms with Gasteiger partial charge in [-0.2, -0.15) is 0 Å².